The number of hydrogen-bond donors (Lipinski definition) is 0. The van der Waals surface area contributed by atoms with Crippen LogP contribution in [-0.2, 0) is 21.8 Å². The van der Waals surface area contributed by atoms with Gasteiger partial charge in [0.25, 0.3) is 0 Å². The van der Waals surface area contributed by atoms with E-state index in [9.17, 15) is 18.0 Å². The van der Waals surface area contributed by atoms with Gasteiger partial charge < -0.3 is 4.74 Å². The second-order valence-electron chi connectivity index (χ2n) is 5.63. The highest BCUT2D eigenvalue weighted by atomic mass is 32.2. The summed E-state index contributed by atoms with van der Waals surface area (Å²) in [6.07, 6.45) is -4.66. The number of alkyl halides is 3. The number of halogens is 3. The minimum atomic E-state index is -4.66. The smallest absolute Gasteiger partial charge is 0.417 e. The summed E-state index contributed by atoms with van der Waals surface area (Å²) < 4.78 is 45.3. The fourth-order valence-electron chi connectivity index (χ4n) is 2.69. The fourth-order valence-corrected chi connectivity index (χ4v) is 4.81. The zero-order valence-electron chi connectivity index (χ0n) is 14.4. The van der Waals surface area contributed by atoms with E-state index >= 15 is 0 Å². The van der Waals surface area contributed by atoms with Crippen molar-refractivity contribution in [2.75, 3.05) is 7.11 Å². The number of hydrogen-bond acceptors (Lipinski definition) is 2. The van der Waals surface area contributed by atoms with Gasteiger partial charge in [-0.25, -0.2) is 4.79 Å². The van der Waals surface area contributed by atoms with Gasteiger partial charge in [0.15, 0.2) is 14.7 Å². The van der Waals surface area contributed by atoms with Crippen LogP contribution >= 0.6 is 0 Å². The lowest BCUT2D eigenvalue weighted by Crippen LogP contribution is -2.16. The summed E-state index contributed by atoms with van der Waals surface area (Å²) in [4.78, 5) is 14.0. The van der Waals surface area contributed by atoms with Crippen LogP contribution in [0.5, 0.6) is 0 Å². The molecule has 3 aromatic carbocycles. The number of rotatable bonds is 4. The third-order valence-corrected chi connectivity index (χ3v) is 6.11. The Bertz CT molecular complexity index is 886. The SMILES string of the molecule is COC(=O)c1ccc([S+](c2ccccc2)c2ccccc2)cc1C(F)(F)F. The van der Waals surface area contributed by atoms with Crippen molar-refractivity contribution in [1.82, 2.24) is 0 Å². The van der Waals surface area contributed by atoms with Gasteiger partial charge in [0.05, 0.1) is 29.1 Å². The van der Waals surface area contributed by atoms with E-state index in [1.807, 2.05) is 60.7 Å². The molecular formula is C21H16F3O2S+. The quantitative estimate of drug-likeness (QED) is 0.430. The molecule has 3 aromatic rings. The molecule has 0 fully saturated rings. The Hall–Kier alpha value is -2.73. The van der Waals surface area contributed by atoms with Gasteiger partial charge in [-0.2, -0.15) is 13.2 Å². The summed E-state index contributed by atoms with van der Waals surface area (Å²) in [7, 11) is 0.329. The Morgan fingerprint density at radius 3 is 1.78 bits per heavy atom. The first kappa shape index (κ1) is 19.0. The average Bonchev–Trinajstić information content (AvgIpc) is 2.68. The van der Waals surface area contributed by atoms with Crippen LogP contribution < -0.4 is 0 Å². The summed E-state index contributed by atoms with van der Waals surface area (Å²) in [5.74, 6) is -1.01. The van der Waals surface area contributed by atoms with E-state index < -0.39 is 34.2 Å². The molecule has 0 atom stereocenters. The second kappa shape index (κ2) is 7.88. The van der Waals surface area contributed by atoms with Crippen molar-refractivity contribution in [3.8, 4) is 0 Å². The molecule has 0 radical (unpaired) electrons. The molecule has 6 heteroatoms. The third-order valence-electron chi connectivity index (χ3n) is 3.90. The van der Waals surface area contributed by atoms with E-state index in [0.717, 1.165) is 23.0 Å². The lowest BCUT2D eigenvalue weighted by atomic mass is 10.1. The first-order valence-corrected chi connectivity index (χ1v) is 9.28. The molecule has 0 amide bonds. The molecule has 0 N–H and O–H groups in total. The fraction of sp³-hybridized carbons (Fsp3) is 0.0952. The lowest BCUT2D eigenvalue weighted by Gasteiger charge is -2.14. The van der Waals surface area contributed by atoms with E-state index in [1.54, 1.807) is 6.07 Å². The minimum absolute atomic E-state index is 0.479. The number of methoxy groups -OCH3 is 1. The summed E-state index contributed by atoms with van der Waals surface area (Å²) >= 11 is 0. The van der Waals surface area contributed by atoms with Crippen LogP contribution in [0.2, 0.25) is 0 Å². The number of benzene rings is 3. The molecule has 0 bridgehead atoms. The molecule has 0 aliphatic carbocycles. The van der Waals surface area contributed by atoms with Gasteiger partial charge in [0.2, 0.25) is 0 Å². The van der Waals surface area contributed by atoms with Crippen LogP contribution in [0.3, 0.4) is 0 Å². The molecule has 0 aliphatic heterocycles. The van der Waals surface area contributed by atoms with E-state index in [4.69, 9.17) is 0 Å². The predicted octanol–water partition coefficient (Wildman–Crippen LogP) is 5.59. The number of carbonyl (C=O) groups is 1. The van der Waals surface area contributed by atoms with E-state index in [1.165, 1.54) is 6.07 Å². The van der Waals surface area contributed by atoms with Crippen molar-refractivity contribution >= 4 is 16.9 Å². The van der Waals surface area contributed by atoms with Crippen molar-refractivity contribution in [3.63, 3.8) is 0 Å². The van der Waals surface area contributed by atoms with Crippen molar-refractivity contribution < 1.29 is 22.7 Å². The average molecular weight is 389 g/mol. The molecule has 0 aliphatic rings. The highest BCUT2D eigenvalue weighted by Gasteiger charge is 2.39. The second-order valence-corrected chi connectivity index (χ2v) is 7.66. The zero-order valence-corrected chi connectivity index (χ0v) is 15.2. The van der Waals surface area contributed by atoms with Gasteiger partial charge in [0.1, 0.15) is 0 Å². The summed E-state index contributed by atoms with van der Waals surface area (Å²) in [6.45, 7) is 0. The largest absolute Gasteiger partial charge is 0.465 e. The van der Waals surface area contributed by atoms with Crippen LogP contribution in [0.4, 0.5) is 13.2 Å². The van der Waals surface area contributed by atoms with E-state index in [0.29, 0.717) is 4.90 Å². The summed E-state index contributed by atoms with van der Waals surface area (Å²) in [6, 6.07) is 22.5. The summed E-state index contributed by atoms with van der Waals surface area (Å²) in [5.41, 5.74) is -1.48. The number of ether oxygens (including phenoxy) is 1. The monoisotopic (exact) mass is 389 g/mol. The molecule has 0 aromatic heterocycles. The van der Waals surface area contributed by atoms with Crippen LogP contribution in [0.25, 0.3) is 0 Å². The molecular weight excluding hydrogens is 373 g/mol. The van der Waals surface area contributed by atoms with Crippen molar-refractivity contribution in [3.05, 3.63) is 90.0 Å². The standard InChI is InChI=1S/C21H16F3O2S/c1-26-20(25)18-13-12-17(14-19(18)21(22,23)24)27(15-8-4-2-5-9-15)16-10-6-3-7-11-16/h2-14H,1H3/q+1. The van der Waals surface area contributed by atoms with Gasteiger partial charge in [0, 0.05) is 6.07 Å². The maximum absolute atomic E-state index is 13.6. The Kier molecular flexibility index (Phi) is 5.56. The Balaban J connectivity index is 2.20. The molecule has 0 heterocycles. The van der Waals surface area contributed by atoms with Crippen LogP contribution in [0, 0.1) is 0 Å². The molecule has 0 saturated heterocycles. The van der Waals surface area contributed by atoms with Gasteiger partial charge in [-0.3, -0.25) is 0 Å². The van der Waals surface area contributed by atoms with Crippen molar-refractivity contribution in [1.29, 1.82) is 0 Å². The molecule has 27 heavy (non-hydrogen) atoms. The molecule has 2 nitrogen and oxygen atoms in total. The third kappa shape index (κ3) is 4.17. The highest BCUT2D eigenvalue weighted by molar-refractivity contribution is 7.97. The van der Waals surface area contributed by atoms with Gasteiger partial charge in [-0.1, -0.05) is 36.4 Å². The minimum Gasteiger partial charge on any atom is -0.465 e. The molecule has 138 valence electrons. The van der Waals surface area contributed by atoms with Crippen molar-refractivity contribution in [2.24, 2.45) is 0 Å². The van der Waals surface area contributed by atoms with Crippen LogP contribution in [0.1, 0.15) is 15.9 Å². The first-order valence-electron chi connectivity index (χ1n) is 8.06. The maximum Gasteiger partial charge on any atom is 0.417 e. The van der Waals surface area contributed by atoms with Gasteiger partial charge >= 0.3 is 12.1 Å². The van der Waals surface area contributed by atoms with Crippen LogP contribution in [-0.4, -0.2) is 13.1 Å². The normalized spacial score (nSPS) is 11.4. The molecule has 0 unspecified atom stereocenters. The number of esters is 1. The summed E-state index contributed by atoms with van der Waals surface area (Å²) in [5, 5.41) is 0. The molecule has 0 saturated carbocycles. The van der Waals surface area contributed by atoms with Crippen LogP contribution in [0.15, 0.2) is 93.5 Å². The van der Waals surface area contributed by atoms with E-state index in [-0.39, 0.29) is 0 Å². The topological polar surface area (TPSA) is 26.3 Å². The predicted molar refractivity (Wildman–Crippen MR) is 97.8 cm³/mol. The maximum atomic E-state index is 13.6. The van der Waals surface area contributed by atoms with Gasteiger partial charge in [-0.15, -0.1) is 0 Å². The Labute approximate surface area is 158 Å². The Morgan fingerprint density at radius 2 is 1.33 bits per heavy atom. The van der Waals surface area contributed by atoms with Crippen molar-refractivity contribution in [2.45, 2.75) is 20.9 Å². The van der Waals surface area contributed by atoms with Gasteiger partial charge in [-0.05, 0) is 36.4 Å². The first-order chi connectivity index (χ1) is 12.9. The molecule has 3 rings (SSSR count). The lowest BCUT2D eigenvalue weighted by molar-refractivity contribution is -0.138. The highest BCUT2D eigenvalue weighted by Crippen LogP contribution is 2.37. The number of carbonyl (C=O) groups excluding carboxylic acids is 1. The zero-order chi connectivity index (χ0) is 19.4. The van der Waals surface area contributed by atoms with E-state index in [2.05, 4.69) is 4.74 Å². The Morgan fingerprint density at radius 1 is 0.815 bits per heavy atom. The molecule has 0 spiro atoms.